The molecule has 7 heteroatoms. The highest BCUT2D eigenvalue weighted by Crippen LogP contribution is 2.46. The largest absolute Gasteiger partial charge is 0.368 e. The van der Waals surface area contributed by atoms with E-state index in [1.165, 1.54) is 6.92 Å². The van der Waals surface area contributed by atoms with Crippen LogP contribution in [0, 0.1) is 0 Å². The van der Waals surface area contributed by atoms with E-state index >= 15 is 0 Å². The van der Waals surface area contributed by atoms with Crippen LogP contribution in [0.5, 0.6) is 0 Å². The molecule has 68 valence electrons. The maximum Gasteiger partial charge on any atom is 0.267 e. The summed E-state index contributed by atoms with van der Waals surface area (Å²) in [5.41, 5.74) is 0. The lowest BCUT2D eigenvalue weighted by atomic mass is 10.7. The molecule has 11 heavy (non-hydrogen) atoms. The van der Waals surface area contributed by atoms with Crippen LogP contribution in [0.15, 0.2) is 0 Å². The highest BCUT2D eigenvalue weighted by Gasteiger charge is 2.48. The van der Waals surface area contributed by atoms with Crippen molar-refractivity contribution >= 4 is 58.0 Å². The summed E-state index contributed by atoms with van der Waals surface area (Å²) >= 11 is 26.7. The molecule has 1 unspecified atom stereocenters. The topological polar surface area (TPSA) is 29.5 Å². The van der Waals surface area contributed by atoms with E-state index in [9.17, 15) is 0 Å². The van der Waals surface area contributed by atoms with Crippen molar-refractivity contribution in [1.29, 1.82) is 0 Å². The number of halogens is 5. The second kappa shape index (κ2) is 4.05. The molecule has 0 aromatic carbocycles. The zero-order chi connectivity index (χ0) is 9.28. The maximum atomic E-state index is 8.68. The van der Waals surface area contributed by atoms with E-state index in [0.717, 1.165) is 0 Å². The predicted molar refractivity (Wildman–Crippen MR) is 47.5 cm³/mol. The molecule has 0 aliphatic carbocycles. The quantitative estimate of drug-likeness (QED) is 0.612. The first-order chi connectivity index (χ1) is 4.67. The minimum absolute atomic E-state index is 1.21. The molecule has 0 heterocycles. The fourth-order valence-electron chi connectivity index (χ4n) is 0.281. The average Bonchev–Trinajstić information content (AvgIpc) is 1.56. The van der Waals surface area contributed by atoms with E-state index < -0.39 is 14.6 Å². The molecule has 0 fully saturated rings. The Labute approximate surface area is 89.3 Å². The summed E-state index contributed by atoms with van der Waals surface area (Å²) in [6, 6.07) is 0. The fourth-order valence-corrected chi connectivity index (χ4v) is 0.673. The minimum Gasteiger partial charge on any atom is -0.368 e. The second-order valence-electron chi connectivity index (χ2n) is 1.73. The van der Waals surface area contributed by atoms with Gasteiger partial charge in [0.1, 0.15) is 0 Å². The normalized spacial score (nSPS) is 16.6. The van der Waals surface area contributed by atoms with E-state index in [1.807, 2.05) is 0 Å². The van der Waals surface area contributed by atoms with E-state index in [2.05, 4.69) is 4.74 Å². The van der Waals surface area contributed by atoms with Crippen LogP contribution in [0.2, 0.25) is 0 Å². The first-order valence-corrected chi connectivity index (χ1v) is 4.36. The van der Waals surface area contributed by atoms with E-state index in [1.54, 1.807) is 0 Å². The van der Waals surface area contributed by atoms with Gasteiger partial charge in [-0.3, -0.25) is 0 Å². The smallest absolute Gasteiger partial charge is 0.267 e. The number of aliphatic hydroxyl groups is 1. The second-order valence-corrected chi connectivity index (χ2v) is 5.27. The van der Waals surface area contributed by atoms with E-state index in [-0.39, 0.29) is 0 Å². The monoisotopic (exact) mass is 260 g/mol. The fraction of sp³-hybridized carbons (Fsp3) is 1.00. The van der Waals surface area contributed by atoms with Gasteiger partial charge in [0.25, 0.3) is 4.52 Å². The molecule has 0 saturated carbocycles. The van der Waals surface area contributed by atoms with Crippen molar-refractivity contribution in [2.75, 3.05) is 0 Å². The van der Waals surface area contributed by atoms with Crippen LogP contribution in [0.3, 0.4) is 0 Å². The summed E-state index contributed by atoms with van der Waals surface area (Å²) in [5, 5.41) is 8.68. The van der Waals surface area contributed by atoms with Gasteiger partial charge in [-0.2, -0.15) is 0 Å². The van der Waals surface area contributed by atoms with Crippen LogP contribution in [-0.2, 0) is 4.74 Å². The predicted octanol–water partition coefficient (Wildman–Crippen LogP) is 2.84. The zero-order valence-electron chi connectivity index (χ0n) is 5.32. The van der Waals surface area contributed by atoms with Crippen LogP contribution in [0.1, 0.15) is 6.92 Å². The third-order valence-electron chi connectivity index (χ3n) is 0.649. The Bertz CT molecular complexity index is 129. The zero-order valence-corrected chi connectivity index (χ0v) is 9.10. The molecule has 0 amide bonds. The number of aliphatic hydroxyl groups excluding tert-OH is 1. The number of hydrogen-bond donors (Lipinski definition) is 1. The lowest BCUT2D eigenvalue weighted by Gasteiger charge is -2.28. The van der Waals surface area contributed by atoms with Gasteiger partial charge in [0.15, 0.2) is 6.29 Å². The van der Waals surface area contributed by atoms with Gasteiger partial charge in [-0.25, -0.2) is 0 Å². The van der Waals surface area contributed by atoms with Gasteiger partial charge in [0.05, 0.1) is 0 Å². The van der Waals surface area contributed by atoms with Gasteiger partial charge >= 0.3 is 0 Å². The third kappa shape index (κ3) is 4.23. The van der Waals surface area contributed by atoms with Crippen molar-refractivity contribution < 1.29 is 9.84 Å². The van der Waals surface area contributed by atoms with Crippen molar-refractivity contribution in [2.24, 2.45) is 0 Å². The molecular formula is C4H5Cl5O2. The SMILES string of the molecule is CC(O)OC(Cl)(Cl)C(Cl)(Cl)Cl. The summed E-state index contributed by atoms with van der Waals surface area (Å²) in [5.74, 6) is 0. The Kier molecular flexibility index (Phi) is 4.56. The average molecular weight is 262 g/mol. The highest BCUT2D eigenvalue weighted by atomic mass is 35.6. The van der Waals surface area contributed by atoms with Gasteiger partial charge < -0.3 is 9.84 Å². The van der Waals surface area contributed by atoms with Crippen LogP contribution < -0.4 is 0 Å². The summed E-state index contributed by atoms with van der Waals surface area (Å²) in [4.78, 5) is 0. The summed E-state index contributed by atoms with van der Waals surface area (Å²) < 4.78 is 0.436. The summed E-state index contributed by atoms with van der Waals surface area (Å²) in [7, 11) is 0. The first-order valence-electron chi connectivity index (χ1n) is 2.47. The molecule has 0 saturated heterocycles. The molecule has 0 rings (SSSR count). The highest BCUT2D eigenvalue weighted by molar-refractivity contribution is 6.75. The van der Waals surface area contributed by atoms with E-state index in [4.69, 9.17) is 63.1 Å². The Morgan fingerprint density at radius 3 is 1.64 bits per heavy atom. The molecule has 1 atom stereocenters. The first kappa shape index (κ1) is 12.4. The van der Waals surface area contributed by atoms with Crippen LogP contribution >= 0.6 is 58.0 Å². The van der Waals surface area contributed by atoms with Gasteiger partial charge in [-0.05, 0) is 6.92 Å². The molecule has 2 nitrogen and oxygen atoms in total. The molecule has 0 aliphatic heterocycles. The van der Waals surface area contributed by atoms with Crippen LogP contribution in [0.4, 0.5) is 0 Å². The van der Waals surface area contributed by atoms with Crippen LogP contribution in [0.25, 0.3) is 0 Å². The molecule has 0 aromatic rings. The Morgan fingerprint density at radius 1 is 1.18 bits per heavy atom. The number of hydrogen-bond acceptors (Lipinski definition) is 2. The molecule has 1 N–H and O–H groups in total. The third-order valence-corrected chi connectivity index (χ3v) is 2.77. The summed E-state index contributed by atoms with van der Waals surface area (Å²) in [6.45, 7) is 1.29. The van der Waals surface area contributed by atoms with Gasteiger partial charge in [-0.1, -0.05) is 58.0 Å². The molecule has 0 aromatic heterocycles. The Morgan fingerprint density at radius 2 is 1.55 bits per heavy atom. The van der Waals surface area contributed by atoms with Crippen molar-refractivity contribution in [3.63, 3.8) is 0 Å². The Balaban J connectivity index is 4.22. The van der Waals surface area contributed by atoms with Crippen molar-refractivity contribution in [3.8, 4) is 0 Å². The molecule has 0 radical (unpaired) electrons. The van der Waals surface area contributed by atoms with Crippen molar-refractivity contribution in [1.82, 2.24) is 0 Å². The van der Waals surface area contributed by atoms with Gasteiger partial charge in [-0.15, -0.1) is 0 Å². The number of rotatable bonds is 2. The molecule has 0 bridgehead atoms. The molecule has 0 spiro atoms. The lowest BCUT2D eigenvalue weighted by molar-refractivity contribution is -0.112. The maximum absolute atomic E-state index is 8.68. The number of ether oxygens (including phenoxy) is 1. The standard InChI is InChI=1S/C4H5Cl5O2/c1-2(10)11-4(8,9)3(5,6)7/h2,10H,1H3. The number of alkyl halides is 5. The van der Waals surface area contributed by atoms with Crippen LogP contribution in [-0.4, -0.2) is 19.7 Å². The Hall–Kier alpha value is 1.37. The van der Waals surface area contributed by atoms with Crippen molar-refractivity contribution in [2.45, 2.75) is 21.5 Å². The lowest BCUT2D eigenvalue weighted by Crippen LogP contribution is -2.36. The van der Waals surface area contributed by atoms with Crippen molar-refractivity contribution in [3.05, 3.63) is 0 Å². The van der Waals surface area contributed by atoms with Gasteiger partial charge in [0.2, 0.25) is 3.79 Å². The minimum atomic E-state index is -2.05. The van der Waals surface area contributed by atoms with Gasteiger partial charge in [0, 0.05) is 0 Å². The molecular weight excluding hydrogens is 257 g/mol. The van der Waals surface area contributed by atoms with E-state index in [0.29, 0.717) is 0 Å². The molecule has 0 aliphatic rings. The summed E-state index contributed by atoms with van der Waals surface area (Å²) in [6.07, 6.45) is -1.21.